The molecule has 3 rings (SSSR count). The molecule has 4 heteroatoms. The zero-order valence-electron chi connectivity index (χ0n) is 13.1. The smallest absolute Gasteiger partial charge is 0.411 e. The van der Waals surface area contributed by atoms with E-state index in [9.17, 15) is 4.79 Å². The topological polar surface area (TPSA) is 42.4 Å². The van der Waals surface area contributed by atoms with Crippen LogP contribution in [0.4, 0.5) is 4.79 Å². The Morgan fingerprint density at radius 3 is 2.86 bits per heavy atom. The zero-order chi connectivity index (χ0) is 15.1. The molecule has 1 aromatic heterocycles. The number of pyridine rings is 1. The number of fused-ring (bicyclic) bond motifs is 2. The van der Waals surface area contributed by atoms with E-state index in [1.807, 2.05) is 37.9 Å². The molecule has 2 atom stereocenters. The summed E-state index contributed by atoms with van der Waals surface area (Å²) < 4.78 is 5.67. The normalized spacial score (nSPS) is 28.5. The van der Waals surface area contributed by atoms with Crippen molar-refractivity contribution in [2.45, 2.75) is 70.1 Å². The van der Waals surface area contributed by atoms with E-state index in [-0.39, 0.29) is 11.6 Å². The quantitative estimate of drug-likeness (QED) is 0.788. The third-order valence-electron chi connectivity index (χ3n) is 4.63. The van der Waals surface area contributed by atoms with Crippen LogP contribution < -0.4 is 0 Å². The van der Waals surface area contributed by atoms with Crippen LogP contribution in [-0.4, -0.2) is 27.6 Å². The minimum Gasteiger partial charge on any atom is -0.444 e. The number of piperidine rings is 1. The van der Waals surface area contributed by atoms with Crippen LogP contribution in [0.5, 0.6) is 0 Å². The highest BCUT2D eigenvalue weighted by Crippen LogP contribution is 2.50. The van der Waals surface area contributed by atoms with Crippen molar-refractivity contribution < 1.29 is 9.53 Å². The lowest BCUT2D eigenvalue weighted by molar-refractivity contribution is -0.0161. The molecule has 0 N–H and O–H groups in total. The molecule has 1 aromatic rings. The molecule has 2 saturated heterocycles. The number of nitrogens with zero attached hydrogens (tertiary/aromatic N) is 2. The van der Waals surface area contributed by atoms with Gasteiger partial charge in [-0.3, -0.25) is 9.88 Å². The number of hydrogen-bond acceptors (Lipinski definition) is 3. The van der Waals surface area contributed by atoms with Crippen LogP contribution in [0, 0.1) is 0 Å². The summed E-state index contributed by atoms with van der Waals surface area (Å²) in [6.07, 6.45) is 8.86. The van der Waals surface area contributed by atoms with E-state index in [0.717, 1.165) is 31.2 Å². The number of rotatable bonds is 1. The lowest BCUT2D eigenvalue weighted by Crippen LogP contribution is -2.52. The van der Waals surface area contributed by atoms with E-state index < -0.39 is 5.60 Å². The van der Waals surface area contributed by atoms with Crippen LogP contribution in [0.25, 0.3) is 0 Å². The lowest BCUT2D eigenvalue weighted by atomic mass is 9.82. The van der Waals surface area contributed by atoms with Gasteiger partial charge in [-0.15, -0.1) is 0 Å². The molecule has 0 unspecified atom stereocenters. The first-order valence-electron chi connectivity index (χ1n) is 7.85. The van der Waals surface area contributed by atoms with Crippen LogP contribution in [0.15, 0.2) is 24.5 Å². The number of amides is 1. The molecule has 2 bridgehead atoms. The molecular formula is C17H24N2O2. The van der Waals surface area contributed by atoms with Crippen molar-refractivity contribution in [2.24, 2.45) is 0 Å². The van der Waals surface area contributed by atoms with E-state index in [0.29, 0.717) is 6.04 Å². The Bertz CT molecular complexity index is 519. The zero-order valence-corrected chi connectivity index (χ0v) is 13.1. The van der Waals surface area contributed by atoms with Gasteiger partial charge in [0.25, 0.3) is 0 Å². The first-order valence-corrected chi connectivity index (χ1v) is 7.85. The molecule has 3 heterocycles. The van der Waals surface area contributed by atoms with E-state index in [1.165, 1.54) is 6.42 Å². The number of carbonyl (C=O) groups is 1. The maximum atomic E-state index is 12.7. The van der Waals surface area contributed by atoms with Gasteiger partial charge >= 0.3 is 6.09 Å². The van der Waals surface area contributed by atoms with Crippen LogP contribution in [0.3, 0.4) is 0 Å². The summed E-state index contributed by atoms with van der Waals surface area (Å²) in [7, 11) is 0. The average molecular weight is 288 g/mol. The maximum absolute atomic E-state index is 12.7. The third kappa shape index (κ3) is 2.52. The summed E-state index contributed by atoms with van der Waals surface area (Å²) in [6.45, 7) is 5.77. The second-order valence-electron chi connectivity index (χ2n) is 7.21. The number of carbonyl (C=O) groups excluding carboxylic acids is 1. The Balaban J connectivity index is 1.96. The lowest BCUT2D eigenvalue weighted by Gasteiger charge is -2.45. The molecule has 0 spiro atoms. The van der Waals surface area contributed by atoms with Crippen molar-refractivity contribution in [1.82, 2.24) is 9.88 Å². The molecule has 21 heavy (non-hydrogen) atoms. The highest BCUT2D eigenvalue weighted by molar-refractivity contribution is 5.71. The molecule has 1 amide bonds. The Kier molecular flexibility index (Phi) is 3.42. The predicted molar refractivity (Wildman–Crippen MR) is 80.9 cm³/mol. The summed E-state index contributed by atoms with van der Waals surface area (Å²) in [5.41, 5.74) is 0.488. The summed E-state index contributed by atoms with van der Waals surface area (Å²) in [5.74, 6) is 0. The van der Waals surface area contributed by atoms with E-state index in [1.54, 1.807) is 6.20 Å². The number of ether oxygens (including phenoxy) is 1. The van der Waals surface area contributed by atoms with Gasteiger partial charge in [-0.05, 0) is 64.5 Å². The van der Waals surface area contributed by atoms with E-state index >= 15 is 0 Å². The molecule has 2 aliphatic heterocycles. The van der Waals surface area contributed by atoms with Crippen LogP contribution in [-0.2, 0) is 10.3 Å². The molecule has 114 valence electrons. The molecule has 0 radical (unpaired) electrons. The van der Waals surface area contributed by atoms with Gasteiger partial charge in [0.2, 0.25) is 0 Å². The van der Waals surface area contributed by atoms with Crippen LogP contribution in [0.2, 0.25) is 0 Å². The van der Waals surface area contributed by atoms with Gasteiger partial charge in [0, 0.05) is 18.4 Å². The fraction of sp³-hybridized carbons (Fsp3) is 0.647. The van der Waals surface area contributed by atoms with Gasteiger partial charge in [-0.1, -0.05) is 6.07 Å². The largest absolute Gasteiger partial charge is 0.444 e. The first kappa shape index (κ1) is 14.4. The van der Waals surface area contributed by atoms with Gasteiger partial charge in [0.1, 0.15) is 5.60 Å². The van der Waals surface area contributed by atoms with E-state index in [2.05, 4.69) is 11.1 Å². The molecule has 2 fully saturated rings. The van der Waals surface area contributed by atoms with Crippen molar-refractivity contribution in [2.75, 3.05) is 0 Å². The van der Waals surface area contributed by atoms with Crippen molar-refractivity contribution in [1.29, 1.82) is 0 Å². The summed E-state index contributed by atoms with van der Waals surface area (Å²) >= 11 is 0. The van der Waals surface area contributed by atoms with E-state index in [4.69, 9.17) is 4.74 Å². The highest BCUT2D eigenvalue weighted by atomic mass is 16.6. The minimum atomic E-state index is -0.454. The van der Waals surface area contributed by atoms with Gasteiger partial charge in [-0.25, -0.2) is 4.79 Å². The fourth-order valence-corrected chi connectivity index (χ4v) is 3.85. The predicted octanol–water partition coefficient (Wildman–Crippen LogP) is 3.86. The van der Waals surface area contributed by atoms with Crippen molar-refractivity contribution in [3.63, 3.8) is 0 Å². The molecule has 0 aliphatic carbocycles. The number of hydrogen-bond donors (Lipinski definition) is 0. The summed E-state index contributed by atoms with van der Waals surface area (Å²) in [4.78, 5) is 19.0. The number of aromatic nitrogens is 1. The fourth-order valence-electron chi connectivity index (χ4n) is 3.85. The molecule has 0 saturated carbocycles. The SMILES string of the molecule is CC(C)(C)OC(=O)N1[C@H]2CCC[C@]1(c1cccnc1)CC2. The van der Waals surface area contributed by atoms with Crippen molar-refractivity contribution in [3.8, 4) is 0 Å². The Morgan fingerprint density at radius 1 is 1.38 bits per heavy atom. The van der Waals surface area contributed by atoms with Crippen LogP contribution in [0.1, 0.15) is 58.4 Å². The summed E-state index contributed by atoms with van der Waals surface area (Å²) in [6, 6.07) is 4.37. The maximum Gasteiger partial charge on any atom is 0.411 e. The third-order valence-corrected chi connectivity index (χ3v) is 4.63. The van der Waals surface area contributed by atoms with Gasteiger partial charge in [0.15, 0.2) is 0 Å². The highest BCUT2D eigenvalue weighted by Gasteiger charge is 2.53. The van der Waals surface area contributed by atoms with Gasteiger partial charge in [-0.2, -0.15) is 0 Å². The summed E-state index contributed by atoms with van der Waals surface area (Å²) in [5, 5.41) is 0. The second kappa shape index (κ2) is 5.00. The molecule has 0 aromatic carbocycles. The van der Waals surface area contributed by atoms with Gasteiger partial charge < -0.3 is 4.74 Å². The Labute approximate surface area is 126 Å². The standard InChI is InChI=1S/C17H24N2O2/c1-16(2,3)21-15(20)19-14-7-4-9-17(19,10-8-14)13-6-5-11-18-12-13/h5-6,11-12,14H,4,7-10H2,1-3H3/t14-,17+/m0/s1. The first-order chi connectivity index (χ1) is 9.92. The molecular weight excluding hydrogens is 264 g/mol. The Hall–Kier alpha value is -1.58. The molecule has 2 aliphatic rings. The van der Waals surface area contributed by atoms with Crippen molar-refractivity contribution in [3.05, 3.63) is 30.1 Å². The minimum absolute atomic E-state index is 0.173. The van der Waals surface area contributed by atoms with Crippen molar-refractivity contribution >= 4 is 6.09 Å². The second-order valence-corrected chi connectivity index (χ2v) is 7.21. The average Bonchev–Trinajstić information content (AvgIpc) is 2.66. The van der Waals surface area contributed by atoms with Crippen LogP contribution >= 0.6 is 0 Å². The van der Waals surface area contributed by atoms with Gasteiger partial charge in [0.05, 0.1) is 5.54 Å². The Morgan fingerprint density at radius 2 is 2.19 bits per heavy atom. The monoisotopic (exact) mass is 288 g/mol. The molecule has 4 nitrogen and oxygen atoms in total.